The van der Waals surface area contributed by atoms with Gasteiger partial charge in [-0.2, -0.15) is 0 Å². The molecule has 0 saturated heterocycles. The monoisotopic (exact) mass is 295 g/mol. The number of aldehydes is 1. The molecular weight excluding hydrogens is 282 g/mol. The van der Waals surface area contributed by atoms with Gasteiger partial charge in [-0.25, -0.2) is 9.97 Å². The lowest BCUT2D eigenvalue weighted by molar-refractivity contribution is -0.142. The highest BCUT2D eigenvalue weighted by Gasteiger charge is 2.08. The Bertz CT molecular complexity index is 855. The van der Waals surface area contributed by atoms with Gasteiger partial charge in [-0.05, 0) is 29.8 Å². The van der Waals surface area contributed by atoms with Gasteiger partial charge >= 0.3 is 5.97 Å². The summed E-state index contributed by atoms with van der Waals surface area (Å²) in [5.41, 5.74) is 3.36. The highest BCUT2D eigenvalue weighted by Crippen LogP contribution is 2.18. The molecule has 2 aromatic heterocycles. The molecule has 0 radical (unpaired) electrons. The van der Waals surface area contributed by atoms with Gasteiger partial charge in [-0.1, -0.05) is 12.1 Å². The molecule has 0 aliphatic heterocycles. The standard InChI is InChI=1S/C16H13N3O3/c1-11(21)22-9-12-3-2-4-14(7-12)19-10-17-15-6-5-13(8-20)18-16(15)19/h2-8,10H,9H2,1H3. The van der Waals surface area contributed by atoms with E-state index in [0.717, 1.165) is 11.3 Å². The zero-order valence-electron chi connectivity index (χ0n) is 11.9. The van der Waals surface area contributed by atoms with Crippen molar-refractivity contribution in [2.45, 2.75) is 13.5 Å². The van der Waals surface area contributed by atoms with Crippen LogP contribution in [-0.2, 0) is 16.1 Å². The van der Waals surface area contributed by atoms with Crippen LogP contribution >= 0.6 is 0 Å². The Morgan fingerprint density at radius 2 is 2.18 bits per heavy atom. The van der Waals surface area contributed by atoms with E-state index in [0.29, 0.717) is 23.1 Å². The van der Waals surface area contributed by atoms with Crippen LogP contribution in [0.4, 0.5) is 0 Å². The van der Waals surface area contributed by atoms with E-state index in [4.69, 9.17) is 4.74 Å². The molecule has 6 nitrogen and oxygen atoms in total. The molecule has 0 saturated carbocycles. The zero-order valence-corrected chi connectivity index (χ0v) is 11.9. The van der Waals surface area contributed by atoms with Crippen molar-refractivity contribution in [1.29, 1.82) is 0 Å². The summed E-state index contributed by atoms with van der Waals surface area (Å²) in [7, 11) is 0. The first-order chi connectivity index (χ1) is 10.7. The van der Waals surface area contributed by atoms with Crippen LogP contribution in [0.5, 0.6) is 0 Å². The Morgan fingerprint density at radius 1 is 1.32 bits per heavy atom. The maximum atomic E-state index is 10.9. The van der Waals surface area contributed by atoms with E-state index < -0.39 is 0 Å². The number of rotatable bonds is 4. The van der Waals surface area contributed by atoms with E-state index in [-0.39, 0.29) is 12.6 Å². The molecule has 0 amide bonds. The second-order valence-electron chi connectivity index (χ2n) is 4.76. The van der Waals surface area contributed by atoms with E-state index in [9.17, 15) is 9.59 Å². The van der Waals surface area contributed by atoms with Crippen molar-refractivity contribution in [3.63, 3.8) is 0 Å². The molecule has 2 heterocycles. The predicted molar refractivity (Wildman–Crippen MR) is 79.7 cm³/mol. The van der Waals surface area contributed by atoms with Crippen LogP contribution in [0.15, 0.2) is 42.7 Å². The fourth-order valence-corrected chi connectivity index (χ4v) is 2.14. The molecule has 0 bridgehead atoms. The van der Waals surface area contributed by atoms with Gasteiger partial charge in [-0.15, -0.1) is 0 Å². The summed E-state index contributed by atoms with van der Waals surface area (Å²) in [5, 5.41) is 0. The first kappa shape index (κ1) is 13.9. The Hall–Kier alpha value is -3.02. The summed E-state index contributed by atoms with van der Waals surface area (Å²) in [4.78, 5) is 30.3. The van der Waals surface area contributed by atoms with Gasteiger partial charge < -0.3 is 4.74 Å². The molecule has 3 rings (SSSR count). The quantitative estimate of drug-likeness (QED) is 0.545. The first-order valence-corrected chi connectivity index (χ1v) is 6.69. The van der Waals surface area contributed by atoms with Crippen LogP contribution in [0, 0.1) is 0 Å². The smallest absolute Gasteiger partial charge is 0.302 e. The Kier molecular flexibility index (Phi) is 3.65. The van der Waals surface area contributed by atoms with Gasteiger partial charge in [0.05, 0.1) is 0 Å². The lowest BCUT2D eigenvalue weighted by atomic mass is 10.2. The topological polar surface area (TPSA) is 74.1 Å². The molecule has 0 aliphatic rings. The number of aromatic nitrogens is 3. The minimum absolute atomic E-state index is 0.211. The van der Waals surface area contributed by atoms with Gasteiger partial charge in [-0.3, -0.25) is 14.2 Å². The normalized spacial score (nSPS) is 10.6. The molecule has 0 spiro atoms. The number of benzene rings is 1. The van der Waals surface area contributed by atoms with Crippen LogP contribution in [-0.4, -0.2) is 26.8 Å². The summed E-state index contributed by atoms with van der Waals surface area (Å²) in [6.07, 6.45) is 2.35. The van der Waals surface area contributed by atoms with Crippen molar-refractivity contribution in [3.05, 3.63) is 54.0 Å². The van der Waals surface area contributed by atoms with E-state index in [1.165, 1.54) is 6.92 Å². The molecule has 0 N–H and O–H groups in total. The zero-order chi connectivity index (χ0) is 15.5. The van der Waals surface area contributed by atoms with E-state index in [1.807, 2.05) is 24.3 Å². The predicted octanol–water partition coefficient (Wildman–Crippen LogP) is 2.30. The summed E-state index contributed by atoms with van der Waals surface area (Å²) in [6, 6.07) is 10.9. The summed E-state index contributed by atoms with van der Waals surface area (Å²) < 4.78 is 6.79. The minimum Gasteiger partial charge on any atom is -0.461 e. The Morgan fingerprint density at radius 3 is 2.95 bits per heavy atom. The van der Waals surface area contributed by atoms with Crippen molar-refractivity contribution >= 4 is 23.4 Å². The lowest BCUT2D eigenvalue weighted by Gasteiger charge is -2.07. The molecule has 6 heteroatoms. The molecule has 22 heavy (non-hydrogen) atoms. The molecule has 1 aromatic carbocycles. The average molecular weight is 295 g/mol. The van der Waals surface area contributed by atoms with Gasteiger partial charge in [0, 0.05) is 12.6 Å². The number of carbonyl (C=O) groups excluding carboxylic acids is 2. The fourth-order valence-electron chi connectivity index (χ4n) is 2.14. The molecule has 3 aromatic rings. The number of fused-ring (bicyclic) bond motifs is 1. The SMILES string of the molecule is CC(=O)OCc1cccc(-n2cnc3ccc(C=O)nc32)c1. The second kappa shape index (κ2) is 5.77. The van der Waals surface area contributed by atoms with Gasteiger partial charge in [0.1, 0.15) is 24.1 Å². The lowest BCUT2D eigenvalue weighted by Crippen LogP contribution is -2.00. The molecular formula is C16H13N3O3. The van der Waals surface area contributed by atoms with Crippen LogP contribution in [0.2, 0.25) is 0 Å². The van der Waals surface area contributed by atoms with Crippen LogP contribution in [0.3, 0.4) is 0 Å². The van der Waals surface area contributed by atoms with Gasteiger partial charge in [0.15, 0.2) is 11.9 Å². The fraction of sp³-hybridized carbons (Fsp3) is 0.125. The third-order valence-electron chi connectivity index (χ3n) is 3.17. The largest absolute Gasteiger partial charge is 0.461 e. The number of imidazole rings is 1. The highest BCUT2D eigenvalue weighted by atomic mass is 16.5. The van der Waals surface area contributed by atoms with Crippen molar-refractivity contribution in [1.82, 2.24) is 14.5 Å². The number of hydrogen-bond donors (Lipinski definition) is 0. The molecule has 0 atom stereocenters. The van der Waals surface area contributed by atoms with Crippen LogP contribution in [0.25, 0.3) is 16.9 Å². The molecule has 0 aliphatic carbocycles. The van der Waals surface area contributed by atoms with Crippen LogP contribution in [0.1, 0.15) is 23.0 Å². The highest BCUT2D eigenvalue weighted by molar-refractivity contribution is 5.80. The molecule has 0 fully saturated rings. The number of pyridine rings is 1. The van der Waals surface area contributed by atoms with Gasteiger partial charge in [0.2, 0.25) is 0 Å². The number of ether oxygens (including phenoxy) is 1. The van der Waals surface area contributed by atoms with Crippen molar-refractivity contribution in [3.8, 4) is 5.69 Å². The molecule has 110 valence electrons. The van der Waals surface area contributed by atoms with Crippen molar-refractivity contribution in [2.75, 3.05) is 0 Å². The third kappa shape index (κ3) is 2.71. The first-order valence-electron chi connectivity index (χ1n) is 6.69. The molecule has 0 unspecified atom stereocenters. The Balaban J connectivity index is 2.01. The number of nitrogens with zero attached hydrogens (tertiary/aromatic N) is 3. The van der Waals surface area contributed by atoms with Gasteiger partial charge in [0.25, 0.3) is 0 Å². The van der Waals surface area contributed by atoms with Crippen molar-refractivity contribution < 1.29 is 14.3 Å². The maximum Gasteiger partial charge on any atom is 0.302 e. The van der Waals surface area contributed by atoms with Crippen molar-refractivity contribution in [2.24, 2.45) is 0 Å². The maximum absolute atomic E-state index is 10.9. The van der Waals surface area contributed by atoms with E-state index in [2.05, 4.69) is 9.97 Å². The Labute approximate surface area is 126 Å². The average Bonchev–Trinajstić information content (AvgIpc) is 2.96. The number of carbonyl (C=O) groups is 2. The minimum atomic E-state index is -0.323. The number of hydrogen-bond acceptors (Lipinski definition) is 5. The second-order valence-corrected chi connectivity index (χ2v) is 4.76. The van der Waals surface area contributed by atoms with E-state index in [1.54, 1.807) is 23.0 Å². The van der Waals surface area contributed by atoms with Crippen LogP contribution < -0.4 is 0 Å². The van der Waals surface area contributed by atoms with E-state index >= 15 is 0 Å². The summed E-state index contributed by atoms with van der Waals surface area (Å²) in [6.45, 7) is 1.58. The third-order valence-corrected chi connectivity index (χ3v) is 3.17. The number of esters is 1. The summed E-state index contributed by atoms with van der Waals surface area (Å²) in [5.74, 6) is -0.323. The summed E-state index contributed by atoms with van der Waals surface area (Å²) >= 11 is 0.